The van der Waals surface area contributed by atoms with E-state index < -0.39 is 41.7 Å². The van der Waals surface area contributed by atoms with Gasteiger partial charge in [-0.1, -0.05) is 0 Å². The van der Waals surface area contributed by atoms with E-state index >= 15 is 0 Å². The highest BCUT2D eigenvalue weighted by atomic mass is 19.4. The van der Waals surface area contributed by atoms with Gasteiger partial charge in [0.2, 0.25) is 5.91 Å². The van der Waals surface area contributed by atoms with Crippen molar-refractivity contribution < 1.29 is 32.0 Å². The van der Waals surface area contributed by atoms with Crippen LogP contribution >= 0.6 is 0 Å². The highest BCUT2D eigenvalue weighted by Crippen LogP contribution is 2.31. The Balaban J connectivity index is 1.69. The van der Waals surface area contributed by atoms with Gasteiger partial charge in [0.15, 0.2) is 5.54 Å². The molecule has 0 spiro atoms. The number of hydrogen-bond acceptors (Lipinski definition) is 4. The molecule has 1 saturated heterocycles. The first-order valence-corrected chi connectivity index (χ1v) is 8.19. The molecule has 2 N–H and O–H groups in total. The maximum Gasteiger partial charge on any atom is 0.416 e. The van der Waals surface area contributed by atoms with Crippen LogP contribution in [0, 0.1) is 6.92 Å². The van der Waals surface area contributed by atoms with Gasteiger partial charge in [0.25, 0.3) is 5.91 Å². The van der Waals surface area contributed by atoms with Gasteiger partial charge in [-0.25, -0.2) is 4.79 Å². The molecule has 3 rings (SSSR count). The van der Waals surface area contributed by atoms with E-state index in [2.05, 4.69) is 10.6 Å². The standard InChI is InChI=1S/C18H16F3N3O4/c1-10-3-8-13(28-10)17(2)15(26)24(16(27)23-17)9-14(25)22-12-6-4-11(5-7-12)18(19,20)21/h3-8H,9H2,1-2H3,(H,22,25)(H,23,27). The Hall–Kier alpha value is -3.30. The number of amides is 4. The Bertz CT molecular complexity index is 936. The Kier molecular flexibility index (Phi) is 4.66. The molecular formula is C18H16F3N3O4. The third-order valence-electron chi connectivity index (χ3n) is 4.31. The number of nitrogens with zero attached hydrogens (tertiary/aromatic N) is 1. The summed E-state index contributed by atoms with van der Waals surface area (Å²) in [6.07, 6.45) is -4.49. The number of imide groups is 1. The quantitative estimate of drug-likeness (QED) is 0.779. The van der Waals surface area contributed by atoms with Crippen LogP contribution in [-0.2, 0) is 21.3 Å². The van der Waals surface area contributed by atoms with Gasteiger partial charge in [-0.05, 0) is 50.2 Å². The smallest absolute Gasteiger partial charge is 0.416 e. The highest BCUT2D eigenvalue weighted by Gasteiger charge is 2.51. The number of nitrogens with one attached hydrogen (secondary N) is 2. The molecule has 0 radical (unpaired) electrons. The first-order chi connectivity index (χ1) is 13.0. The minimum absolute atomic E-state index is 0.106. The van der Waals surface area contributed by atoms with E-state index in [4.69, 9.17) is 4.42 Å². The average molecular weight is 395 g/mol. The summed E-state index contributed by atoms with van der Waals surface area (Å²) >= 11 is 0. The lowest BCUT2D eigenvalue weighted by atomic mass is 9.99. The van der Waals surface area contributed by atoms with Gasteiger partial charge in [-0.15, -0.1) is 0 Å². The summed E-state index contributed by atoms with van der Waals surface area (Å²) in [4.78, 5) is 37.7. The largest absolute Gasteiger partial charge is 0.463 e. The second kappa shape index (κ2) is 6.70. The first kappa shape index (κ1) is 19.5. The number of benzene rings is 1. The molecule has 0 aliphatic carbocycles. The summed E-state index contributed by atoms with van der Waals surface area (Å²) in [5.41, 5.74) is -2.20. The summed E-state index contributed by atoms with van der Waals surface area (Å²) in [5, 5.41) is 4.85. The van der Waals surface area contributed by atoms with Crippen molar-refractivity contribution in [1.82, 2.24) is 10.2 Å². The normalized spacial score (nSPS) is 19.7. The predicted molar refractivity (Wildman–Crippen MR) is 91.1 cm³/mol. The van der Waals surface area contributed by atoms with Gasteiger partial charge < -0.3 is 15.1 Å². The zero-order chi connectivity index (χ0) is 20.7. The summed E-state index contributed by atoms with van der Waals surface area (Å²) in [6.45, 7) is 2.55. The molecule has 2 heterocycles. The van der Waals surface area contributed by atoms with Crippen LogP contribution in [-0.4, -0.2) is 29.3 Å². The lowest BCUT2D eigenvalue weighted by Gasteiger charge is -2.19. The predicted octanol–water partition coefficient (Wildman–Crippen LogP) is 3.01. The summed E-state index contributed by atoms with van der Waals surface area (Å²) in [6, 6.07) is 6.23. The van der Waals surface area contributed by atoms with Crippen molar-refractivity contribution in [2.24, 2.45) is 0 Å². The number of hydrogen-bond donors (Lipinski definition) is 2. The van der Waals surface area contributed by atoms with Gasteiger partial charge in [0.05, 0.1) is 5.56 Å². The van der Waals surface area contributed by atoms with Crippen molar-refractivity contribution in [2.45, 2.75) is 25.6 Å². The van der Waals surface area contributed by atoms with Gasteiger partial charge >= 0.3 is 12.2 Å². The van der Waals surface area contributed by atoms with E-state index in [0.717, 1.165) is 29.2 Å². The van der Waals surface area contributed by atoms with Crippen LogP contribution in [0.2, 0.25) is 0 Å². The van der Waals surface area contributed by atoms with Crippen LogP contribution < -0.4 is 10.6 Å². The number of anilines is 1. The van der Waals surface area contributed by atoms with Crippen molar-refractivity contribution >= 4 is 23.5 Å². The zero-order valence-corrected chi connectivity index (χ0v) is 14.9. The van der Waals surface area contributed by atoms with Crippen LogP contribution in [0.4, 0.5) is 23.7 Å². The van der Waals surface area contributed by atoms with Gasteiger partial charge in [0, 0.05) is 5.69 Å². The van der Waals surface area contributed by atoms with Crippen LogP contribution in [0.15, 0.2) is 40.8 Å². The van der Waals surface area contributed by atoms with E-state index in [1.165, 1.54) is 6.92 Å². The van der Waals surface area contributed by atoms with E-state index in [0.29, 0.717) is 5.76 Å². The lowest BCUT2D eigenvalue weighted by molar-refractivity contribution is -0.137. The number of urea groups is 1. The topological polar surface area (TPSA) is 91.7 Å². The molecular weight excluding hydrogens is 379 g/mol. The van der Waals surface area contributed by atoms with Crippen molar-refractivity contribution in [2.75, 3.05) is 11.9 Å². The molecule has 28 heavy (non-hydrogen) atoms. The van der Waals surface area contributed by atoms with Crippen molar-refractivity contribution in [3.8, 4) is 0 Å². The Labute approximate surface area is 157 Å². The second-order valence-corrected chi connectivity index (χ2v) is 6.48. The molecule has 1 aliphatic heterocycles. The Morgan fingerprint density at radius 2 is 1.82 bits per heavy atom. The number of halogens is 3. The fourth-order valence-electron chi connectivity index (χ4n) is 2.80. The van der Waals surface area contributed by atoms with E-state index in [1.54, 1.807) is 19.1 Å². The summed E-state index contributed by atoms with van der Waals surface area (Å²) in [5.74, 6) is -0.622. The molecule has 1 atom stereocenters. The monoisotopic (exact) mass is 395 g/mol. The number of furan rings is 1. The number of carbonyl (C=O) groups excluding carboxylic acids is 3. The number of rotatable bonds is 4. The molecule has 1 aromatic carbocycles. The zero-order valence-electron chi connectivity index (χ0n) is 14.9. The SMILES string of the molecule is Cc1ccc(C2(C)NC(=O)N(CC(=O)Nc3ccc(C(F)(F)F)cc3)C2=O)o1. The molecule has 0 bridgehead atoms. The maximum absolute atomic E-state index is 12.7. The molecule has 1 aromatic heterocycles. The Morgan fingerprint density at radius 3 is 2.36 bits per heavy atom. The van der Waals surface area contributed by atoms with E-state index in [9.17, 15) is 27.6 Å². The molecule has 2 aromatic rings. The molecule has 1 fully saturated rings. The Morgan fingerprint density at radius 1 is 1.18 bits per heavy atom. The number of carbonyl (C=O) groups is 3. The fourth-order valence-corrected chi connectivity index (χ4v) is 2.80. The van der Waals surface area contributed by atoms with Crippen LogP contribution in [0.25, 0.3) is 0 Å². The molecule has 148 valence electrons. The van der Waals surface area contributed by atoms with Crippen LogP contribution in [0.5, 0.6) is 0 Å². The molecule has 1 aliphatic rings. The van der Waals surface area contributed by atoms with Gasteiger partial charge in [-0.3, -0.25) is 14.5 Å². The molecule has 0 saturated carbocycles. The third kappa shape index (κ3) is 3.57. The number of alkyl halides is 3. The minimum Gasteiger partial charge on any atom is -0.463 e. The summed E-state index contributed by atoms with van der Waals surface area (Å²) < 4.78 is 43.1. The van der Waals surface area contributed by atoms with Crippen LogP contribution in [0.1, 0.15) is 24.0 Å². The van der Waals surface area contributed by atoms with E-state index in [-0.39, 0.29) is 11.4 Å². The lowest BCUT2D eigenvalue weighted by Crippen LogP contribution is -2.41. The molecule has 10 heteroatoms. The molecule has 4 amide bonds. The molecule has 1 unspecified atom stereocenters. The van der Waals surface area contributed by atoms with Crippen molar-refractivity contribution in [3.05, 3.63) is 53.5 Å². The minimum atomic E-state index is -4.49. The van der Waals surface area contributed by atoms with Crippen molar-refractivity contribution in [1.29, 1.82) is 0 Å². The fraction of sp³-hybridized carbons (Fsp3) is 0.278. The number of aryl methyl sites for hydroxylation is 1. The average Bonchev–Trinajstić information content (AvgIpc) is 3.13. The maximum atomic E-state index is 12.7. The second-order valence-electron chi connectivity index (χ2n) is 6.48. The van der Waals surface area contributed by atoms with E-state index in [1.807, 2.05) is 0 Å². The first-order valence-electron chi connectivity index (χ1n) is 8.19. The van der Waals surface area contributed by atoms with Crippen molar-refractivity contribution in [3.63, 3.8) is 0 Å². The van der Waals surface area contributed by atoms with Gasteiger partial charge in [-0.2, -0.15) is 13.2 Å². The van der Waals surface area contributed by atoms with Crippen LogP contribution in [0.3, 0.4) is 0 Å². The van der Waals surface area contributed by atoms with Gasteiger partial charge in [0.1, 0.15) is 18.1 Å². The molecule has 7 nitrogen and oxygen atoms in total. The third-order valence-corrected chi connectivity index (χ3v) is 4.31. The highest BCUT2D eigenvalue weighted by molar-refractivity contribution is 6.10. The summed E-state index contributed by atoms with van der Waals surface area (Å²) in [7, 11) is 0.